The predicted octanol–water partition coefficient (Wildman–Crippen LogP) is 4.44. The Hall–Kier alpha value is -1.26. The highest BCUT2D eigenvalue weighted by Crippen LogP contribution is 2.26. The van der Waals surface area contributed by atoms with E-state index >= 15 is 0 Å². The predicted molar refractivity (Wildman–Crippen MR) is 93.8 cm³/mol. The lowest BCUT2D eigenvalue weighted by atomic mass is 10.1. The fourth-order valence-electron chi connectivity index (χ4n) is 3.01. The number of halogens is 1. The SMILES string of the molecule is C[C@H](NC1CCC(NC(=O)OC(C)(C)C)C1)c1ccccc1Cl. The van der Waals surface area contributed by atoms with E-state index in [4.69, 9.17) is 16.3 Å². The molecule has 0 heterocycles. The number of hydrogen-bond acceptors (Lipinski definition) is 3. The zero-order chi connectivity index (χ0) is 17.0. The van der Waals surface area contributed by atoms with Gasteiger partial charge in [-0.25, -0.2) is 4.79 Å². The van der Waals surface area contributed by atoms with Crippen LogP contribution in [0.15, 0.2) is 24.3 Å². The smallest absolute Gasteiger partial charge is 0.407 e. The Bertz CT molecular complexity index is 542. The topological polar surface area (TPSA) is 50.4 Å². The minimum absolute atomic E-state index is 0.167. The number of ether oxygens (including phenoxy) is 1. The van der Waals surface area contributed by atoms with Crippen LogP contribution in [-0.4, -0.2) is 23.8 Å². The third-order valence-electron chi connectivity index (χ3n) is 4.01. The fourth-order valence-corrected chi connectivity index (χ4v) is 3.31. The first-order valence-corrected chi connectivity index (χ1v) is 8.62. The lowest BCUT2D eigenvalue weighted by molar-refractivity contribution is 0.0505. The molecule has 2 N–H and O–H groups in total. The van der Waals surface area contributed by atoms with E-state index in [2.05, 4.69) is 17.6 Å². The number of hydrogen-bond donors (Lipinski definition) is 2. The van der Waals surface area contributed by atoms with E-state index in [9.17, 15) is 4.79 Å². The number of alkyl carbamates (subject to hydrolysis) is 1. The quantitative estimate of drug-likeness (QED) is 0.853. The zero-order valence-electron chi connectivity index (χ0n) is 14.4. The van der Waals surface area contributed by atoms with E-state index in [0.29, 0.717) is 6.04 Å². The summed E-state index contributed by atoms with van der Waals surface area (Å²) in [6, 6.07) is 8.63. The van der Waals surface area contributed by atoms with Gasteiger partial charge >= 0.3 is 6.09 Å². The van der Waals surface area contributed by atoms with Gasteiger partial charge in [0.05, 0.1) is 0 Å². The van der Waals surface area contributed by atoms with Crippen LogP contribution in [0.2, 0.25) is 5.02 Å². The van der Waals surface area contributed by atoms with Crippen LogP contribution in [0.4, 0.5) is 4.79 Å². The molecule has 23 heavy (non-hydrogen) atoms. The van der Waals surface area contributed by atoms with E-state index in [1.54, 1.807) is 0 Å². The molecule has 0 aromatic heterocycles. The van der Waals surface area contributed by atoms with Crippen LogP contribution >= 0.6 is 11.6 Å². The van der Waals surface area contributed by atoms with Crippen molar-refractivity contribution < 1.29 is 9.53 Å². The largest absolute Gasteiger partial charge is 0.444 e. The highest BCUT2D eigenvalue weighted by atomic mass is 35.5. The number of benzene rings is 1. The Morgan fingerprint density at radius 3 is 2.57 bits per heavy atom. The molecule has 0 radical (unpaired) electrons. The Morgan fingerprint density at radius 1 is 1.26 bits per heavy atom. The van der Waals surface area contributed by atoms with Gasteiger partial charge in [0.15, 0.2) is 0 Å². The lowest BCUT2D eigenvalue weighted by Gasteiger charge is -2.23. The van der Waals surface area contributed by atoms with Crippen molar-refractivity contribution in [1.29, 1.82) is 0 Å². The van der Waals surface area contributed by atoms with Gasteiger partial charge in [-0.05, 0) is 58.6 Å². The third-order valence-corrected chi connectivity index (χ3v) is 4.36. The lowest BCUT2D eigenvalue weighted by Crippen LogP contribution is -2.39. The molecule has 1 fully saturated rings. The van der Waals surface area contributed by atoms with Gasteiger partial charge in [-0.1, -0.05) is 29.8 Å². The van der Waals surface area contributed by atoms with Crippen LogP contribution in [0.1, 0.15) is 58.6 Å². The van der Waals surface area contributed by atoms with E-state index in [0.717, 1.165) is 29.8 Å². The summed E-state index contributed by atoms with van der Waals surface area (Å²) in [4.78, 5) is 11.8. The summed E-state index contributed by atoms with van der Waals surface area (Å²) < 4.78 is 5.31. The van der Waals surface area contributed by atoms with Crippen molar-refractivity contribution in [3.63, 3.8) is 0 Å². The van der Waals surface area contributed by atoms with Crippen molar-refractivity contribution in [2.24, 2.45) is 0 Å². The molecule has 1 saturated carbocycles. The number of carbonyl (C=O) groups is 1. The molecule has 1 amide bonds. The first-order valence-electron chi connectivity index (χ1n) is 8.24. The molecule has 1 aromatic rings. The van der Waals surface area contributed by atoms with Gasteiger partial charge in [-0.15, -0.1) is 0 Å². The van der Waals surface area contributed by atoms with Crippen molar-refractivity contribution in [3.05, 3.63) is 34.9 Å². The summed E-state index contributed by atoms with van der Waals surface area (Å²) in [6.45, 7) is 7.74. The molecular formula is C18H27ClN2O2. The molecule has 128 valence electrons. The third kappa shape index (κ3) is 5.70. The molecule has 2 unspecified atom stereocenters. The van der Waals surface area contributed by atoms with Crippen LogP contribution < -0.4 is 10.6 Å². The molecule has 1 aromatic carbocycles. The molecular weight excluding hydrogens is 312 g/mol. The second-order valence-electron chi connectivity index (χ2n) is 7.26. The molecule has 1 aliphatic carbocycles. The molecule has 2 rings (SSSR count). The average Bonchev–Trinajstić information content (AvgIpc) is 2.83. The Balaban J connectivity index is 1.81. The first-order chi connectivity index (χ1) is 10.7. The summed E-state index contributed by atoms with van der Waals surface area (Å²) in [5.74, 6) is 0. The highest BCUT2D eigenvalue weighted by molar-refractivity contribution is 6.31. The number of rotatable bonds is 4. The van der Waals surface area contributed by atoms with Crippen LogP contribution in [0.3, 0.4) is 0 Å². The minimum Gasteiger partial charge on any atom is -0.444 e. The number of nitrogens with one attached hydrogen (secondary N) is 2. The van der Waals surface area contributed by atoms with E-state index < -0.39 is 5.60 Å². The van der Waals surface area contributed by atoms with Crippen molar-refractivity contribution in [2.75, 3.05) is 0 Å². The second kappa shape index (κ2) is 7.54. The van der Waals surface area contributed by atoms with Crippen molar-refractivity contribution in [2.45, 2.75) is 70.7 Å². The second-order valence-corrected chi connectivity index (χ2v) is 7.67. The molecule has 4 nitrogen and oxygen atoms in total. The van der Waals surface area contributed by atoms with Crippen LogP contribution in [0.25, 0.3) is 0 Å². The van der Waals surface area contributed by atoms with Gasteiger partial charge < -0.3 is 15.4 Å². The summed E-state index contributed by atoms with van der Waals surface area (Å²) in [5.41, 5.74) is 0.650. The van der Waals surface area contributed by atoms with E-state index in [1.165, 1.54) is 0 Å². The molecule has 0 aliphatic heterocycles. The molecule has 1 aliphatic rings. The Labute approximate surface area is 143 Å². The normalized spacial score (nSPS) is 22.7. The maximum absolute atomic E-state index is 11.8. The number of carbonyl (C=O) groups excluding carboxylic acids is 1. The average molecular weight is 339 g/mol. The summed E-state index contributed by atoms with van der Waals surface area (Å²) >= 11 is 6.25. The van der Waals surface area contributed by atoms with Gasteiger partial charge in [0.1, 0.15) is 5.60 Å². The molecule has 0 spiro atoms. The minimum atomic E-state index is -0.459. The monoisotopic (exact) mass is 338 g/mol. The standard InChI is InChI=1S/C18H27ClN2O2/c1-12(15-7-5-6-8-16(15)19)20-13-9-10-14(11-13)21-17(22)23-18(2,3)4/h5-8,12-14,20H,9-11H2,1-4H3,(H,21,22)/t12-,13?,14?/m0/s1. The summed E-state index contributed by atoms with van der Waals surface area (Å²) in [6.07, 6.45) is 2.58. The molecule has 5 heteroatoms. The van der Waals surface area contributed by atoms with Gasteiger partial charge in [0.25, 0.3) is 0 Å². The van der Waals surface area contributed by atoms with Crippen molar-refractivity contribution in [1.82, 2.24) is 10.6 Å². The van der Waals surface area contributed by atoms with Gasteiger partial charge in [0, 0.05) is 23.1 Å². The van der Waals surface area contributed by atoms with E-state index in [-0.39, 0.29) is 18.2 Å². The summed E-state index contributed by atoms with van der Waals surface area (Å²) in [7, 11) is 0. The van der Waals surface area contributed by atoms with Gasteiger partial charge in [-0.2, -0.15) is 0 Å². The van der Waals surface area contributed by atoms with Crippen molar-refractivity contribution >= 4 is 17.7 Å². The first kappa shape index (κ1) is 18.1. The van der Waals surface area contributed by atoms with Crippen LogP contribution in [0.5, 0.6) is 0 Å². The molecule has 0 bridgehead atoms. The Morgan fingerprint density at radius 2 is 1.91 bits per heavy atom. The van der Waals surface area contributed by atoms with Crippen LogP contribution in [-0.2, 0) is 4.74 Å². The molecule has 3 atom stereocenters. The summed E-state index contributed by atoms with van der Waals surface area (Å²) in [5, 5.41) is 7.36. The van der Waals surface area contributed by atoms with Gasteiger partial charge in [-0.3, -0.25) is 0 Å². The van der Waals surface area contributed by atoms with Gasteiger partial charge in [0.2, 0.25) is 0 Å². The fraction of sp³-hybridized carbons (Fsp3) is 0.611. The highest BCUT2D eigenvalue weighted by Gasteiger charge is 2.28. The Kier molecular flexibility index (Phi) is 5.93. The molecule has 0 saturated heterocycles. The maximum atomic E-state index is 11.8. The van der Waals surface area contributed by atoms with Crippen molar-refractivity contribution in [3.8, 4) is 0 Å². The number of amides is 1. The van der Waals surface area contributed by atoms with E-state index in [1.807, 2.05) is 45.0 Å². The van der Waals surface area contributed by atoms with Crippen LogP contribution in [0, 0.1) is 0 Å². The maximum Gasteiger partial charge on any atom is 0.407 e. The zero-order valence-corrected chi connectivity index (χ0v) is 15.1.